The van der Waals surface area contributed by atoms with Crippen molar-refractivity contribution in [3.63, 3.8) is 0 Å². The fraction of sp³-hybridized carbons (Fsp3) is 0.286. The zero-order chi connectivity index (χ0) is 22.8. The zero-order valence-corrected chi connectivity index (χ0v) is 19.2. The molecule has 0 unspecified atom stereocenters. The molecule has 0 N–H and O–H groups in total. The molecule has 31 heavy (non-hydrogen) atoms. The smallest absolute Gasteiger partial charge is 0.343 e. The van der Waals surface area contributed by atoms with Crippen LogP contribution in [0, 0.1) is 12.3 Å². The van der Waals surface area contributed by atoms with Crippen LogP contribution in [0.25, 0.3) is 0 Å². The average molecular weight is 415 g/mol. The van der Waals surface area contributed by atoms with Gasteiger partial charge in [-0.2, -0.15) is 0 Å². The number of hydrogen-bond acceptors (Lipinski definition) is 3. The highest BCUT2D eigenvalue weighted by atomic mass is 16.5. The summed E-state index contributed by atoms with van der Waals surface area (Å²) >= 11 is 0. The molecule has 3 heteroatoms. The maximum Gasteiger partial charge on any atom is 0.343 e. The number of carbonyl (C=O) groups is 2. The van der Waals surface area contributed by atoms with Gasteiger partial charge in [-0.3, -0.25) is 4.79 Å². The van der Waals surface area contributed by atoms with Crippen LogP contribution in [-0.2, 0) is 5.41 Å². The van der Waals surface area contributed by atoms with E-state index in [1.54, 1.807) is 24.3 Å². The molecule has 0 saturated heterocycles. The van der Waals surface area contributed by atoms with E-state index in [-0.39, 0.29) is 11.2 Å². The molecule has 0 fully saturated rings. The van der Waals surface area contributed by atoms with E-state index in [1.165, 1.54) is 11.1 Å². The number of aryl methyl sites for hydroxylation is 1. The Morgan fingerprint density at radius 3 is 1.58 bits per heavy atom. The molecule has 0 atom stereocenters. The predicted octanol–water partition coefficient (Wildman–Crippen LogP) is 6.77. The number of hydrogen-bond donors (Lipinski definition) is 0. The van der Waals surface area contributed by atoms with Gasteiger partial charge in [-0.15, -0.1) is 0 Å². The molecule has 160 valence electrons. The summed E-state index contributed by atoms with van der Waals surface area (Å²) in [6.07, 6.45) is 0. The number of rotatable bonds is 5. The van der Waals surface area contributed by atoms with Crippen molar-refractivity contribution in [3.8, 4) is 5.75 Å². The molecule has 0 saturated carbocycles. The van der Waals surface area contributed by atoms with E-state index >= 15 is 0 Å². The lowest BCUT2D eigenvalue weighted by atomic mass is 9.78. The van der Waals surface area contributed by atoms with E-state index in [1.807, 2.05) is 45.0 Å². The minimum absolute atomic E-state index is 0.0409. The molecule has 3 aromatic carbocycles. The summed E-state index contributed by atoms with van der Waals surface area (Å²) in [5.41, 5.74) is 3.98. The van der Waals surface area contributed by atoms with E-state index in [0.717, 1.165) is 5.56 Å². The quantitative estimate of drug-likeness (QED) is 0.263. The van der Waals surface area contributed by atoms with Crippen molar-refractivity contribution >= 4 is 11.8 Å². The lowest BCUT2D eigenvalue weighted by Crippen LogP contribution is -2.20. The highest BCUT2D eigenvalue weighted by Crippen LogP contribution is 2.32. The Kier molecular flexibility index (Phi) is 6.17. The lowest BCUT2D eigenvalue weighted by molar-refractivity contribution is 0.0733. The SMILES string of the molecule is Cc1ccc(C(C)(C)c2ccc(OC(=O)c3ccc(C(=O)C(C)(C)C)cc3)cc2)cc1. The van der Waals surface area contributed by atoms with E-state index in [4.69, 9.17) is 4.74 Å². The third-order valence-electron chi connectivity index (χ3n) is 5.62. The van der Waals surface area contributed by atoms with Gasteiger partial charge in [0.05, 0.1) is 5.56 Å². The van der Waals surface area contributed by atoms with Crippen molar-refractivity contribution in [2.24, 2.45) is 5.41 Å². The van der Waals surface area contributed by atoms with Gasteiger partial charge in [-0.25, -0.2) is 4.79 Å². The van der Waals surface area contributed by atoms with Gasteiger partial charge in [0, 0.05) is 16.4 Å². The Labute approximate surface area is 185 Å². The zero-order valence-electron chi connectivity index (χ0n) is 19.2. The molecular weight excluding hydrogens is 384 g/mol. The fourth-order valence-electron chi connectivity index (χ4n) is 3.43. The molecular formula is C28H30O3. The van der Waals surface area contributed by atoms with Crippen LogP contribution in [0.2, 0.25) is 0 Å². The number of ether oxygens (including phenoxy) is 1. The molecule has 0 spiro atoms. The molecule has 3 aromatic rings. The van der Waals surface area contributed by atoms with Gasteiger partial charge in [0.15, 0.2) is 5.78 Å². The Hall–Kier alpha value is -3.20. The molecule has 0 aliphatic carbocycles. The van der Waals surface area contributed by atoms with Crippen molar-refractivity contribution in [1.29, 1.82) is 0 Å². The third-order valence-corrected chi connectivity index (χ3v) is 5.62. The minimum atomic E-state index is -0.462. The number of Topliss-reactive ketones (excluding diaryl/α,β-unsaturated/α-hetero) is 1. The number of benzene rings is 3. The molecule has 0 radical (unpaired) electrons. The van der Waals surface area contributed by atoms with Crippen molar-refractivity contribution in [2.45, 2.75) is 47.0 Å². The first-order chi connectivity index (χ1) is 14.5. The van der Waals surface area contributed by atoms with Gasteiger partial charge in [-0.05, 0) is 42.3 Å². The maximum absolute atomic E-state index is 12.5. The summed E-state index contributed by atoms with van der Waals surface area (Å²) in [5, 5.41) is 0. The topological polar surface area (TPSA) is 43.4 Å². The summed E-state index contributed by atoms with van der Waals surface area (Å²) in [7, 11) is 0. The Morgan fingerprint density at radius 2 is 1.10 bits per heavy atom. The molecule has 0 bridgehead atoms. The highest BCUT2D eigenvalue weighted by Gasteiger charge is 2.24. The van der Waals surface area contributed by atoms with Crippen LogP contribution in [0.15, 0.2) is 72.8 Å². The van der Waals surface area contributed by atoms with Gasteiger partial charge in [0.25, 0.3) is 0 Å². The summed E-state index contributed by atoms with van der Waals surface area (Å²) in [4.78, 5) is 24.9. The summed E-state index contributed by atoms with van der Waals surface area (Å²) < 4.78 is 5.53. The van der Waals surface area contributed by atoms with E-state index < -0.39 is 11.4 Å². The van der Waals surface area contributed by atoms with Crippen LogP contribution in [0.4, 0.5) is 0 Å². The highest BCUT2D eigenvalue weighted by molar-refractivity contribution is 6.00. The van der Waals surface area contributed by atoms with Gasteiger partial charge in [-0.1, -0.05) is 88.7 Å². The Balaban J connectivity index is 1.71. The lowest BCUT2D eigenvalue weighted by Gasteiger charge is -2.26. The maximum atomic E-state index is 12.5. The normalized spacial score (nSPS) is 11.8. The van der Waals surface area contributed by atoms with Gasteiger partial charge in [0.1, 0.15) is 5.75 Å². The fourth-order valence-corrected chi connectivity index (χ4v) is 3.43. The van der Waals surface area contributed by atoms with E-state index in [0.29, 0.717) is 16.9 Å². The molecule has 3 nitrogen and oxygen atoms in total. The first-order valence-electron chi connectivity index (χ1n) is 10.5. The van der Waals surface area contributed by atoms with Crippen LogP contribution in [-0.4, -0.2) is 11.8 Å². The number of carbonyl (C=O) groups excluding carboxylic acids is 2. The van der Waals surface area contributed by atoms with Crippen LogP contribution >= 0.6 is 0 Å². The standard InChI is InChI=1S/C28H30O3/c1-19-7-13-22(14-8-19)28(5,6)23-15-17-24(18-16-23)31-26(30)21-11-9-20(10-12-21)25(29)27(2,3)4/h7-18H,1-6H3. The molecule has 0 heterocycles. The van der Waals surface area contributed by atoms with Crippen molar-refractivity contribution in [1.82, 2.24) is 0 Å². The Morgan fingerprint density at radius 1 is 0.645 bits per heavy atom. The molecule has 3 rings (SSSR count). The van der Waals surface area contributed by atoms with E-state index in [9.17, 15) is 9.59 Å². The third kappa shape index (κ3) is 5.11. The van der Waals surface area contributed by atoms with Crippen LogP contribution < -0.4 is 4.74 Å². The monoisotopic (exact) mass is 414 g/mol. The number of esters is 1. The van der Waals surface area contributed by atoms with Crippen molar-refractivity contribution in [2.75, 3.05) is 0 Å². The second-order valence-electron chi connectivity index (χ2n) is 9.56. The summed E-state index contributed by atoms with van der Waals surface area (Å²) in [6.45, 7) is 12.1. The van der Waals surface area contributed by atoms with Crippen LogP contribution in [0.3, 0.4) is 0 Å². The molecule has 0 aliphatic rings. The van der Waals surface area contributed by atoms with E-state index in [2.05, 4.69) is 45.0 Å². The van der Waals surface area contributed by atoms with Gasteiger partial charge in [0.2, 0.25) is 0 Å². The molecule has 0 amide bonds. The second-order valence-corrected chi connectivity index (χ2v) is 9.56. The minimum Gasteiger partial charge on any atom is -0.423 e. The summed E-state index contributed by atoms with van der Waals surface area (Å²) in [5.74, 6) is 0.0859. The number of ketones is 1. The van der Waals surface area contributed by atoms with Gasteiger partial charge < -0.3 is 4.74 Å². The summed E-state index contributed by atoms with van der Waals surface area (Å²) in [6, 6.07) is 22.8. The first-order valence-corrected chi connectivity index (χ1v) is 10.5. The predicted molar refractivity (Wildman–Crippen MR) is 125 cm³/mol. The van der Waals surface area contributed by atoms with Crippen LogP contribution in [0.5, 0.6) is 5.75 Å². The van der Waals surface area contributed by atoms with Crippen LogP contribution in [0.1, 0.15) is 72.0 Å². The molecule has 0 aromatic heterocycles. The molecule has 0 aliphatic heterocycles. The average Bonchev–Trinajstić information content (AvgIpc) is 2.73. The second kappa shape index (κ2) is 8.50. The largest absolute Gasteiger partial charge is 0.423 e. The Bertz CT molecular complexity index is 1070. The van der Waals surface area contributed by atoms with Crippen molar-refractivity contribution < 1.29 is 14.3 Å². The first kappa shape index (κ1) is 22.5. The van der Waals surface area contributed by atoms with Crippen molar-refractivity contribution in [3.05, 3.63) is 101 Å². The van der Waals surface area contributed by atoms with Gasteiger partial charge >= 0.3 is 5.97 Å².